The van der Waals surface area contributed by atoms with Crippen LogP contribution in [0.4, 0.5) is 0 Å². The molecule has 1 N–H and O–H groups in total. The maximum atomic E-state index is 11.6. The molecule has 2 rings (SSSR count). The van der Waals surface area contributed by atoms with Crippen LogP contribution in [0.2, 0.25) is 0 Å². The molecule has 0 aromatic heterocycles. The van der Waals surface area contributed by atoms with Crippen molar-refractivity contribution in [2.24, 2.45) is 0 Å². The number of carbonyl (C=O) groups excluding carboxylic acids is 1. The van der Waals surface area contributed by atoms with Crippen molar-refractivity contribution in [3.8, 4) is 0 Å². The van der Waals surface area contributed by atoms with Crippen LogP contribution in [0.15, 0.2) is 34.8 Å². The molecular formula is C12H11BrO2. The average Bonchev–Trinajstić information content (AvgIpc) is 2.51. The molecule has 1 aromatic carbocycles. The lowest BCUT2D eigenvalue weighted by Crippen LogP contribution is -2.18. The van der Waals surface area contributed by atoms with Gasteiger partial charge in [-0.05, 0) is 36.3 Å². The lowest BCUT2D eigenvalue weighted by atomic mass is 9.91. The second kappa shape index (κ2) is 3.91. The highest BCUT2D eigenvalue weighted by Gasteiger charge is 2.31. The number of ketones is 1. The fraction of sp³-hybridized carbons (Fsp3) is 0.250. The van der Waals surface area contributed by atoms with Gasteiger partial charge in [-0.2, -0.15) is 0 Å². The number of hydrogen-bond donors (Lipinski definition) is 1. The summed E-state index contributed by atoms with van der Waals surface area (Å²) in [5, 5.41) is 9.71. The summed E-state index contributed by atoms with van der Waals surface area (Å²) in [5.41, 5.74) is 1.92. The molecule has 0 fully saturated rings. The Morgan fingerprint density at radius 1 is 1.40 bits per heavy atom. The zero-order valence-electron chi connectivity index (χ0n) is 8.27. The predicted octanol–water partition coefficient (Wildman–Crippen LogP) is 2.34. The van der Waals surface area contributed by atoms with Gasteiger partial charge in [-0.1, -0.05) is 28.1 Å². The Bertz CT molecular complexity index is 437. The van der Waals surface area contributed by atoms with E-state index in [9.17, 15) is 9.90 Å². The van der Waals surface area contributed by atoms with E-state index in [0.29, 0.717) is 0 Å². The molecule has 2 unspecified atom stereocenters. The second-order valence-electron chi connectivity index (χ2n) is 3.73. The first-order valence-electron chi connectivity index (χ1n) is 4.76. The van der Waals surface area contributed by atoms with E-state index in [1.165, 1.54) is 6.08 Å². The molecule has 0 heterocycles. The van der Waals surface area contributed by atoms with E-state index in [2.05, 4.69) is 15.9 Å². The summed E-state index contributed by atoms with van der Waals surface area (Å²) in [4.78, 5) is 11.6. The van der Waals surface area contributed by atoms with Crippen molar-refractivity contribution in [2.75, 3.05) is 0 Å². The topological polar surface area (TPSA) is 37.3 Å². The fourth-order valence-electron chi connectivity index (χ4n) is 1.86. The van der Waals surface area contributed by atoms with Gasteiger partial charge in [0.05, 0.1) is 12.0 Å². The Hall–Kier alpha value is -0.930. The van der Waals surface area contributed by atoms with Crippen molar-refractivity contribution >= 4 is 21.7 Å². The van der Waals surface area contributed by atoms with Crippen molar-refractivity contribution in [1.29, 1.82) is 0 Å². The first-order valence-corrected chi connectivity index (χ1v) is 5.55. The molecule has 0 aliphatic heterocycles. The van der Waals surface area contributed by atoms with Crippen LogP contribution in [0.25, 0.3) is 0 Å². The number of aliphatic hydroxyl groups is 1. The van der Waals surface area contributed by atoms with Crippen LogP contribution in [-0.4, -0.2) is 17.0 Å². The average molecular weight is 267 g/mol. The maximum Gasteiger partial charge on any atom is 0.165 e. The SMILES string of the molecule is Cc1ccc(Br)cc1C1C(=O)C=CC1O. The van der Waals surface area contributed by atoms with Crippen LogP contribution >= 0.6 is 15.9 Å². The molecule has 0 saturated carbocycles. The third-order valence-electron chi connectivity index (χ3n) is 2.68. The molecule has 0 bridgehead atoms. The van der Waals surface area contributed by atoms with E-state index in [4.69, 9.17) is 0 Å². The zero-order chi connectivity index (χ0) is 11.0. The highest BCUT2D eigenvalue weighted by Crippen LogP contribution is 2.31. The smallest absolute Gasteiger partial charge is 0.165 e. The standard InChI is InChI=1S/C12H11BrO2/c1-7-2-3-8(13)6-9(7)12-10(14)4-5-11(12)15/h2-6,10,12,14H,1H3. The van der Waals surface area contributed by atoms with E-state index in [0.717, 1.165) is 15.6 Å². The van der Waals surface area contributed by atoms with E-state index < -0.39 is 12.0 Å². The molecular weight excluding hydrogens is 256 g/mol. The Morgan fingerprint density at radius 3 is 2.73 bits per heavy atom. The van der Waals surface area contributed by atoms with Gasteiger partial charge in [0.1, 0.15) is 0 Å². The van der Waals surface area contributed by atoms with E-state index in [-0.39, 0.29) is 5.78 Å². The summed E-state index contributed by atoms with van der Waals surface area (Å²) < 4.78 is 0.926. The van der Waals surface area contributed by atoms with Crippen LogP contribution < -0.4 is 0 Å². The molecule has 0 amide bonds. The largest absolute Gasteiger partial charge is 0.388 e. The highest BCUT2D eigenvalue weighted by molar-refractivity contribution is 9.10. The number of rotatable bonds is 1. The van der Waals surface area contributed by atoms with Crippen molar-refractivity contribution in [2.45, 2.75) is 18.9 Å². The van der Waals surface area contributed by atoms with Gasteiger partial charge in [0.2, 0.25) is 0 Å². The normalized spacial score (nSPS) is 24.9. The molecule has 1 aromatic rings. The minimum Gasteiger partial charge on any atom is -0.388 e. The monoisotopic (exact) mass is 266 g/mol. The minimum atomic E-state index is -0.689. The molecule has 0 saturated heterocycles. The molecule has 2 atom stereocenters. The van der Waals surface area contributed by atoms with Crippen LogP contribution in [0.5, 0.6) is 0 Å². The molecule has 0 radical (unpaired) electrons. The fourth-order valence-corrected chi connectivity index (χ4v) is 2.24. The maximum absolute atomic E-state index is 11.6. The van der Waals surface area contributed by atoms with Gasteiger partial charge in [-0.3, -0.25) is 4.79 Å². The van der Waals surface area contributed by atoms with Crippen LogP contribution in [0.3, 0.4) is 0 Å². The van der Waals surface area contributed by atoms with Gasteiger partial charge in [0.25, 0.3) is 0 Å². The number of halogens is 1. The summed E-state index contributed by atoms with van der Waals surface area (Å²) in [6.07, 6.45) is 2.31. The summed E-state index contributed by atoms with van der Waals surface area (Å²) in [7, 11) is 0. The van der Waals surface area contributed by atoms with Gasteiger partial charge in [-0.25, -0.2) is 0 Å². The Morgan fingerprint density at radius 2 is 2.13 bits per heavy atom. The summed E-state index contributed by atoms with van der Waals surface area (Å²) in [5.74, 6) is -0.453. The predicted molar refractivity (Wildman–Crippen MR) is 61.8 cm³/mol. The van der Waals surface area contributed by atoms with Crippen molar-refractivity contribution in [1.82, 2.24) is 0 Å². The summed E-state index contributed by atoms with van der Waals surface area (Å²) >= 11 is 3.37. The molecule has 1 aliphatic rings. The van der Waals surface area contributed by atoms with Crippen molar-refractivity contribution in [3.63, 3.8) is 0 Å². The number of aliphatic hydroxyl groups excluding tert-OH is 1. The number of aryl methyl sites for hydroxylation is 1. The van der Waals surface area contributed by atoms with Crippen molar-refractivity contribution in [3.05, 3.63) is 46.0 Å². The van der Waals surface area contributed by atoms with Crippen LogP contribution in [0, 0.1) is 6.92 Å². The van der Waals surface area contributed by atoms with Gasteiger partial charge in [-0.15, -0.1) is 0 Å². The molecule has 15 heavy (non-hydrogen) atoms. The van der Waals surface area contributed by atoms with Crippen LogP contribution in [-0.2, 0) is 4.79 Å². The lowest BCUT2D eigenvalue weighted by Gasteiger charge is -2.16. The molecule has 1 aliphatic carbocycles. The third kappa shape index (κ3) is 1.90. The third-order valence-corrected chi connectivity index (χ3v) is 3.18. The quantitative estimate of drug-likeness (QED) is 0.848. The van der Waals surface area contributed by atoms with Gasteiger partial charge in [0, 0.05) is 4.47 Å². The van der Waals surface area contributed by atoms with E-state index in [1.54, 1.807) is 6.08 Å². The molecule has 78 valence electrons. The minimum absolute atomic E-state index is 0.0244. The van der Waals surface area contributed by atoms with Gasteiger partial charge >= 0.3 is 0 Å². The van der Waals surface area contributed by atoms with E-state index in [1.807, 2.05) is 25.1 Å². The lowest BCUT2D eigenvalue weighted by molar-refractivity contribution is -0.116. The Labute approximate surface area is 96.7 Å². The number of carbonyl (C=O) groups is 1. The first-order chi connectivity index (χ1) is 7.09. The first kappa shape index (κ1) is 10.6. The Balaban J connectivity index is 2.45. The number of benzene rings is 1. The summed E-state index contributed by atoms with van der Waals surface area (Å²) in [6, 6.07) is 5.77. The second-order valence-corrected chi connectivity index (χ2v) is 4.65. The van der Waals surface area contributed by atoms with Gasteiger partial charge in [0.15, 0.2) is 5.78 Å². The highest BCUT2D eigenvalue weighted by atomic mass is 79.9. The van der Waals surface area contributed by atoms with Gasteiger partial charge < -0.3 is 5.11 Å². The zero-order valence-corrected chi connectivity index (χ0v) is 9.86. The van der Waals surface area contributed by atoms with E-state index >= 15 is 0 Å². The van der Waals surface area contributed by atoms with Crippen LogP contribution in [0.1, 0.15) is 17.0 Å². The Kier molecular flexibility index (Phi) is 2.76. The molecule has 3 heteroatoms. The number of allylic oxidation sites excluding steroid dienone is 1. The molecule has 2 nitrogen and oxygen atoms in total. The molecule has 0 spiro atoms. The van der Waals surface area contributed by atoms with Crippen molar-refractivity contribution < 1.29 is 9.90 Å². The number of hydrogen-bond acceptors (Lipinski definition) is 2. The summed E-state index contributed by atoms with van der Waals surface area (Å²) in [6.45, 7) is 1.94.